The van der Waals surface area contributed by atoms with Gasteiger partial charge in [0, 0.05) is 42.3 Å². The van der Waals surface area contributed by atoms with Crippen LogP contribution in [0, 0.1) is 0 Å². The van der Waals surface area contributed by atoms with E-state index < -0.39 is 0 Å². The Balaban J connectivity index is 1.38. The molecular weight excluding hydrogens is 392 g/mol. The highest BCUT2D eigenvalue weighted by Gasteiger charge is 2.21. The first-order valence-electron chi connectivity index (χ1n) is 10.6. The number of ether oxygens (including phenoxy) is 1. The van der Waals surface area contributed by atoms with Crippen molar-refractivity contribution in [1.82, 2.24) is 14.8 Å². The van der Waals surface area contributed by atoms with Crippen molar-refractivity contribution in [3.05, 3.63) is 65.7 Å². The van der Waals surface area contributed by atoms with Crippen molar-refractivity contribution in [2.45, 2.75) is 38.8 Å². The van der Waals surface area contributed by atoms with E-state index in [1.807, 2.05) is 48.5 Å². The van der Waals surface area contributed by atoms with Gasteiger partial charge in [0.2, 0.25) is 0 Å². The molecule has 4 aromatic rings. The molecule has 2 aromatic carbocycles. The van der Waals surface area contributed by atoms with Crippen molar-refractivity contribution in [2.75, 3.05) is 12.4 Å². The lowest BCUT2D eigenvalue weighted by molar-refractivity contribution is 0.0992. The quantitative estimate of drug-likeness (QED) is 0.505. The molecule has 5 rings (SSSR count). The number of hydrogen-bond donors (Lipinski definition) is 1. The second kappa shape index (κ2) is 8.35. The fraction of sp³-hybridized carbons (Fsp3) is 0.292. The van der Waals surface area contributed by atoms with Gasteiger partial charge < -0.3 is 19.0 Å². The van der Waals surface area contributed by atoms with E-state index in [9.17, 15) is 4.79 Å². The molecule has 1 aliphatic rings. The molecule has 0 bridgehead atoms. The van der Waals surface area contributed by atoms with Gasteiger partial charge in [0.25, 0.3) is 5.91 Å². The van der Waals surface area contributed by atoms with Crippen molar-refractivity contribution >= 4 is 22.6 Å². The predicted octanol–water partition coefficient (Wildman–Crippen LogP) is 4.82. The molecule has 7 nitrogen and oxygen atoms in total. The Hall–Kier alpha value is -3.45. The minimum Gasteiger partial charge on any atom is -0.451 e. The van der Waals surface area contributed by atoms with Crippen molar-refractivity contribution in [3.63, 3.8) is 0 Å². The molecule has 7 heteroatoms. The summed E-state index contributed by atoms with van der Waals surface area (Å²) in [4.78, 5) is 12.9. The molecular formula is C24H24N4O3. The Labute approximate surface area is 180 Å². The van der Waals surface area contributed by atoms with Crippen LogP contribution in [0.4, 0.5) is 5.69 Å². The molecule has 158 valence electrons. The molecule has 1 aliphatic heterocycles. The predicted molar refractivity (Wildman–Crippen MR) is 118 cm³/mol. The van der Waals surface area contributed by atoms with E-state index in [4.69, 9.17) is 9.15 Å². The summed E-state index contributed by atoms with van der Waals surface area (Å²) in [5.74, 6) is 1.91. The number of anilines is 1. The first-order chi connectivity index (χ1) is 15.2. The van der Waals surface area contributed by atoms with Crippen LogP contribution in [-0.2, 0) is 24.3 Å². The third-order valence-electron chi connectivity index (χ3n) is 5.70. The Bertz CT molecular complexity index is 1220. The van der Waals surface area contributed by atoms with Gasteiger partial charge in [-0.1, -0.05) is 24.6 Å². The van der Waals surface area contributed by atoms with Crippen LogP contribution in [-0.4, -0.2) is 27.8 Å². The van der Waals surface area contributed by atoms with Gasteiger partial charge in [0.1, 0.15) is 11.4 Å². The van der Waals surface area contributed by atoms with E-state index in [1.165, 1.54) is 6.42 Å². The molecule has 3 heterocycles. The number of amides is 1. The Morgan fingerprint density at radius 3 is 2.77 bits per heavy atom. The lowest BCUT2D eigenvalue weighted by Crippen LogP contribution is -2.13. The summed E-state index contributed by atoms with van der Waals surface area (Å²) < 4.78 is 13.3. The fourth-order valence-corrected chi connectivity index (χ4v) is 4.16. The molecule has 0 unspecified atom stereocenters. The molecule has 0 saturated carbocycles. The highest BCUT2D eigenvalue weighted by molar-refractivity contribution is 6.06. The third-order valence-corrected chi connectivity index (χ3v) is 5.70. The molecule has 2 aromatic heterocycles. The van der Waals surface area contributed by atoms with Gasteiger partial charge in [-0.05, 0) is 43.2 Å². The van der Waals surface area contributed by atoms with Crippen LogP contribution >= 0.6 is 0 Å². The van der Waals surface area contributed by atoms with E-state index in [0.717, 1.165) is 54.0 Å². The van der Waals surface area contributed by atoms with E-state index in [1.54, 1.807) is 7.11 Å². The van der Waals surface area contributed by atoms with Crippen LogP contribution in [0.3, 0.4) is 0 Å². The highest BCUT2D eigenvalue weighted by atomic mass is 16.5. The lowest BCUT2D eigenvalue weighted by atomic mass is 10.1. The molecule has 0 radical (unpaired) electrons. The summed E-state index contributed by atoms with van der Waals surface area (Å²) in [5, 5.41) is 12.6. The number of carbonyl (C=O) groups is 1. The van der Waals surface area contributed by atoms with Crippen LogP contribution in [0.15, 0.2) is 52.9 Å². The Morgan fingerprint density at radius 1 is 1.10 bits per heavy atom. The highest BCUT2D eigenvalue weighted by Crippen LogP contribution is 2.28. The average Bonchev–Trinajstić information content (AvgIpc) is 3.28. The third kappa shape index (κ3) is 3.72. The minimum absolute atomic E-state index is 0.273. The van der Waals surface area contributed by atoms with E-state index in [-0.39, 0.29) is 11.7 Å². The van der Waals surface area contributed by atoms with Gasteiger partial charge in [-0.3, -0.25) is 4.79 Å². The van der Waals surface area contributed by atoms with Crippen LogP contribution < -0.4 is 5.32 Å². The van der Waals surface area contributed by atoms with Gasteiger partial charge >= 0.3 is 0 Å². The van der Waals surface area contributed by atoms with E-state index in [0.29, 0.717) is 17.9 Å². The van der Waals surface area contributed by atoms with Gasteiger partial charge in [0.05, 0.1) is 6.61 Å². The SMILES string of the molecule is COCc1c(C(=O)Nc2ccc(-c3nnc4n3CCCCC4)cc2)oc2ccccc12. The molecule has 1 amide bonds. The van der Waals surface area contributed by atoms with Crippen molar-refractivity contribution in [3.8, 4) is 11.4 Å². The maximum atomic E-state index is 12.9. The number of aromatic nitrogens is 3. The van der Waals surface area contributed by atoms with Gasteiger partial charge in [0.15, 0.2) is 11.6 Å². The zero-order valence-corrected chi connectivity index (χ0v) is 17.4. The number of benzene rings is 2. The number of methoxy groups -OCH3 is 1. The molecule has 0 atom stereocenters. The molecule has 0 saturated heterocycles. The standard InChI is InChI=1S/C24H24N4O3/c1-30-15-19-18-7-4-5-8-20(18)31-22(19)24(29)25-17-12-10-16(11-13-17)23-27-26-21-9-3-2-6-14-28(21)23/h4-5,7-8,10-13H,2-3,6,9,14-15H2,1H3,(H,25,29). The second-order valence-electron chi connectivity index (χ2n) is 7.77. The summed E-state index contributed by atoms with van der Waals surface area (Å²) >= 11 is 0. The average molecular weight is 416 g/mol. The van der Waals surface area contributed by atoms with Crippen LogP contribution in [0.25, 0.3) is 22.4 Å². The van der Waals surface area contributed by atoms with Gasteiger partial charge in [-0.2, -0.15) is 0 Å². The van der Waals surface area contributed by atoms with Crippen LogP contribution in [0.1, 0.15) is 41.2 Å². The molecule has 0 aliphatic carbocycles. The minimum atomic E-state index is -0.299. The number of furan rings is 1. The Kier molecular flexibility index (Phi) is 5.26. The van der Waals surface area contributed by atoms with Crippen LogP contribution in [0.5, 0.6) is 0 Å². The maximum Gasteiger partial charge on any atom is 0.291 e. The zero-order chi connectivity index (χ0) is 21.2. The number of rotatable bonds is 5. The number of fused-ring (bicyclic) bond motifs is 2. The summed E-state index contributed by atoms with van der Waals surface area (Å²) in [6.07, 6.45) is 4.51. The number of carbonyl (C=O) groups excluding carboxylic acids is 1. The number of nitrogens with zero attached hydrogens (tertiary/aromatic N) is 3. The zero-order valence-electron chi connectivity index (χ0n) is 17.4. The largest absolute Gasteiger partial charge is 0.451 e. The summed E-state index contributed by atoms with van der Waals surface area (Å²) in [6.45, 7) is 1.25. The second-order valence-corrected chi connectivity index (χ2v) is 7.77. The lowest BCUT2D eigenvalue weighted by Gasteiger charge is -2.09. The molecule has 1 N–H and O–H groups in total. The number of nitrogens with one attached hydrogen (secondary N) is 1. The number of para-hydroxylation sites is 1. The first kappa shape index (κ1) is 19.5. The number of aryl methyl sites for hydroxylation is 1. The first-order valence-corrected chi connectivity index (χ1v) is 10.6. The molecule has 0 fully saturated rings. The van der Waals surface area contributed by atoms with Crippen molar-refractivity contribution in [1.29, 1.82) is 0 Å². The van der Waals surface area contributed by atoms with E-state index in [2.05, 4.69) is 20.1 Å². The maximum absolute atomic E-state index is 12.9. The van der Waals surface area contributed by atoms with Crippen molar-refractivity contribution in [2.24, 2.45) is 0 Å². The van der Waals surface area contributed by atoms with Gasteiger partial charge in [-0.25, -0.2) is 0 Å². The summed E-state index contributed by atoms with van der Waals surface area (Å²) in [5.41, 5.74) is 3.09. The Morgan fingerprint density at radius 2 is 1.94 bits per heavy atom. The fourth-order valence-electron chi connectivity index (χ4n) is 4.16. The van der Waals surface area contributed by atoms with E-state index >= 15 is 0 Å². The van der Waals surface area contributed by atoms with Crippen molar-refractivity contribution < 1.29 is 13.9 Å². The molecule has 0 spiro atoms. The molecule has 31 heavy (non-hydrogen) atoms. The monoisotopic (exact) mass is 416 g/mol. The summed E-state index contributed by atoms with van der Waals surface area (Å²) in [7, 11) is 1.60. The topological polar surface area (TPSA) is 82.2 Å². The number of hydrogen-bond acceptors (Lipinski definition) is 5. The summed E-state index contributed by atoms with van der Waals surface area (Å²) in [6, 6.07) is 15.3. The normalized spacial score (nSPS) is 13.7. The van der Waals surface area contributed by atoms with Gasteiger partial charge in [-0.15, -0.1) is 10.2 Å². The smallest absolute Gasteiger partial charge is 0.291 e. The van der Waals surface area contributed by atoms with Crippen LogP contribution in [0.2, 0.25) is 0 Å².